The molecule has 0 radical (unpaired) electrons. The highest BCUT2D eigenvalue weighted by atomic mass is 16.5. The normalized spacial score (nSPS) is 14.3. The smallest absolute Gasteiger partial charge is 0.344 e. The maximum atomic E-state index is 13.4. The monoisotopic (exact) mass is 475 g/mol. The molecule has 0 aliphatic carbocycles. The van der Waals surface area contributed by atoms with Gasteiger partial charge in [-0.3, -0.25) is 4.98 Å². The predicted molar refractivity (Wildman–Crippen MR) is 131 cm³/mol. The topological polar surface area (TPSA) is 105 Å². The molecule has 1 unspecified atom stereocenters. The van der Waals surface area contributed by atoms with Crippen molar-refractivity contribution in [1.29, 1.82) is 0 Å². The van der Waals surface area contributed by atoms with Gasteiger partial charge in [0.05, 0.1) is 29.5 Å². The van der Waals surface area contributed by atoms with Crippen molar-refractivity contribution in [1.82, 2.24) is 24.6 Å². The Morgan fingerprint density at radius 3 is 2.58 bits per heavy atom. The second-order valence-corrected chi connectivity index (χ2v) is 8.32. The molecule has 0 saturated carbocycles. The molecule has 36 heavy (non-hydrogen) atoms. The zero-order valence-corrected chi connectivity index (χ0v) is 19.0. The van der Waals surface area contributed by atoms with Crippen molar-refractivity contribution >= 4 is 16.6 Å². The van der Waals surface area contributed by atoms with E-state index < -0.39 is 11.5 Å². The van der Waals surface area contributed by atoms with Crippen LogP contribution in [0.4, 0.5) is 0 Å². The fourth-order valence-electron chi connectivity index (χ4n) is 4.66. The van der Waals surface area contributed by atoms with E-state index in [4.69, 9.17) is 18.9 Å². The summed E-state index contributed by atoms with van der Waals surface area (Å²) in [5.74, 6) is 1.36. The van der Waals surface area contributed by atoms with Crippen molar-refractivity contribution in [3.05, 3.63) is 106 Å². The Kier molecular flexibility index (Phi) is 4.37. The molecule has 0 amide bonds. The van der Waals surface area contributed by atoms with Gasteiger partial charge < -0.3 is 13.9 Å². The first kappa shape index (κ1) is 20.3. The van der Waals surface area contributed by atoms with E-state index in [-0.39, 0.29) is 0 Å². The summed E-state index contributed by atoms with van der Waals surface area (Å²) < 4.78 is 19.0. The molecule has 4 aromatic heterocycles. The van der Waals surface area contributed by atoms with Gasteiger partial charge in [0.25, 0.3) is 0 Å². The summed E-state index contributed by atoms with van der Waals surface area (Å²) in [6.45, 7) is 0. The van der Waals surface area contributed by atoms with Gasteiger partial charge in [-0.05, 0) is 42.0 Å². The Morgan fingerprint density at radius 2 is 1.78 bits per heavy atom. The van der Waals surface area contributed by atoms with E-state index in [0.29, 0.717) is 56.6 Å². The number of methoxy groups -OCH3 is 1. The predicted octanol–water partition coefficient (Wildman–Crippen LogP) is 4.59. The van der Waals surface area contributed by atoms with E-state index in [9.17, 15) is 4.79 Å². The molecule has 6 aromatic rings. The number of rotatable bonds is 3. The summed E-state index contributed by atoms with van der Waals surface area (Å²) >= 11 is 0. The number of hydrogen-bond acceptors (Lipinski definition) is 8. The van der Waals surface area contributed by atoms with Crippen molar-refractivity contribution in [3.8, 4) is 28.9 Å². The molecule has 1 aliphatic heterocycles. The van der Waals surface area contributed by atoms with Crippen LogP contribution in [-0.2, 0) is 0 Å². The first-order chi connectivity index (χ1) is 17.7. The molecule has 0 spiro atoms. The van der Waals surface area contributed by atoms with Crippen molar-refractivity contribution in [3.63, 3.8) is 0 Å². The standard InChI is InChI=1S/C27H17N5O4/c1-34-16-11-9-15(10-12-16)20-21-23(17-6-2-3-8-19(17)35-27(21)33)36-26-22(20)25-30-24(31-32(25)14-29-26)18-7-4-5-13-28-18/h2-14,20H,1H3. The Labute approximate surface area is 203 Å². The first-order valence-electron chi connectivity index (χ1n) is 11.3. The van der Waals surface area contributed by atoms with Gasteiger partial charge in [0.15, 0.2) is 11.4 Å². The van der Waals surface area contributed by atoms with Gasteiger partial charge in [-0.2, -0.15) is 0 Å². The quantitative estimate of drug-likeness (QED) is 0.342. The van der Waals surface area contributed by atoms with Crippen molar-refractivity contribution in [2.45, 2.75) is 5.92 Å². The molecule has 9 heteroatoms. The maximum Gasteiger partial charge on any atom is 0.344 e. The highest BCUT2D eigenvalue weighted by molar-refractivity contribution is 5.86. The zero-order chi connectivity index (χ0) is 24.2. The van der Waals surface area contributed by atoms with Crippen LogP contribution >= 0.6 is 0 Å². The van der Waals surface area contributed by atoms with Gasteiger partial charge in [-0.25, -0.2) is 19.3 Å². The highest BCUT2D eigenvalue weighted by Crippen LogP contribution is 2.48. The van der Waals surface area contributed by atoms with Crippen LogP contribution in [0.25, 0.3) is 28.1 Å². The number of benzene rings is 2. The lowest BCUT2D eigenvalue weighted by Crippen LogP contribution is -2.22. The van der Waals surface area contributed by atoms with Crippen LogP contribution in [0.1, 0.15) is 22.6 Å². The summed E-state index contributed by atoms with van der Waals surface area (Å²) in [6.07, 6.45) is 3.24. The second-order valence-electron chi connectivity index (χ2n) is 8.32. The third-order valence-corrected chi connectivity index (χ3v) is 6.31. The summed E-state index contributed by atoms with van der Waals surface area (Å²) in [7, 11) is 1.61. The molecule has 7 rings (SSSR count). The van der Waals surface area contributed by atoms with E-state index in [0.717, 1.165) is 5.56 Å². The molecule has 2 aromatic carbocycles. The number of aromatic nitrogens is 5. The highest BCUT2D eigenvalue weighted by Gasteiger charge is 2.37. The Bertz CT molecular complexity index is 1830. The van der Waals surface area contributed by atoms with Crippen LogP contribution in [0.3, 0.4) is 0 Å². The third-order valence-electron chi connectivity index (χ3n) is 6.31. The van der Waals surface area contributed by atoms with Crippen LogP contribution in [-0.4, -0.2) is 31.7 Å². The van der Waals surface area contributed by atoms with E-state index in [2.05, 4.69) is 15.1 Å². The molecule has 174 valence electrons. The third kappa shape index (κ3) is 2.99. The summed E-state index contributed by atoms with van der Waals surface area (Å²) in [6, 6.07) is 20.4. The van der Waals surface area contributed by atoms with Crippen molar-refractivity contribution in [2.24, 2.45) is 0 Å². The SMILES string of the molecule is COc1ccc(C2c3c(c4ccccc4oc3=O)Oc3ncn4nc(-c5ccccn5)nc4c32)cc1. The Hall–Kier alpha value is -5.05. The molecule has 1 aliphatic rings. The molecule has 9 nitrogen and oxygen atoms in total. The van der Waals surface area contributed by atoms with Gasteiger partial charge >= 0.3 is 5.63 Å². The van der Waals surface area contributed by atoms with Crippen LogP contribution in [0.2, 0.25) is 0 Å². The van der Waals surface area contributed by atoms with Gasteiger partial charge in [-0.15, -0.1) is 5.10 Å². The lowest BCUT2D eigenvalue weighted by atomic mass is 9.84. The Morgan fingerprint density at radius 1 is 0.944 bits per heavy atom. The van der Waals surface area contributed by atoms with Crippen LogP contribution in [0.15, 0.2) is 88.5 Å². The van der Waals surface area contributed by atoms with Gasteiger partial charge in [0.1, 0.15) is 23.4 Å². The lowest BCUT2D eigenvalue weighted by Gasteiger charge is -2.27. The molecule has 0 bridgehead atoms. The van der Waals surface area contributed by atoms with Crippen LogP contribution in [0.5, 0.6) is 17.4 Å². The van der Waals surface area contributed by atoms with Crippen molar-refractivity contribution < 1.29 is 13.9 Å². The summed E-state index contributed by atoms with van der Waals surface area (Å²) in [5.41, 5.74) is 2.93. The van der Waals surface area contributed by atoms with Crippen molar-refractivity contribution in [2.75, 3.05) is 7.11 Å². The molecular formula is C27H17N5O4. The minimum absolute atomic E-state index is 0.353. The number of nitrogens with zero attached hydrogens (tertiary/aromatic N) is 5. The average molecular weight is 475 g/mol. The number of para-hydroxylation sites is 1. The van der Waals surface area contributed by atoms with E-state index in [1.807, 2.05) is 60.7 Å². The largest absolute Gasteiger partial charge is 0.497 e. The molecule has 0 saturated heterocycles. The molecule has 5 heterocycles. The fraction of sp³-hybridized carbons (Fsp3) is 0.0741. The van der Waals surface area contributed by atoms with E-state index in [1.54, 1.807) is 30.2 Å². The number of hydrogen-bond donors (Lipinski definition) is 0. The fourth-order valence-corrected chi connectivity index (χ4v) is 4.66. The second kappa shape index (κ2) is 7.74. The Balaban J connectivity index is 1.54. The minimum atomic E-state index is -0.563. The van der Waals surface area contributed by atoms with Gasteiger partial charge in [0.2, 0.25) is 11.7 Å². The summed E-state index contributed by atoms with van der Waals surface area (Å²) in [5, 5.41) is 5.27. The van der Waals surface area contributed by atoms with E-state index in [1.165, 1.54) is 0 Å². The van der Waals surface area contributed by atoms with E-state index >= 15 is 0 Å². The number of ether oxygens (including phenoxy) is 2. The molecular weight excluding hydrogens is 458 g/mol. The average Bonchev–Trinajstić information content (AvgIpc) is 3.37. The number of fused-ring (bicyclic) bond motifs is 6. The minimum Gasteiger partial charge on any atom is -0.497 e. The molecule has 1 atom stereocenters. The van der Waals surface area contributed by atoms with Gasteiger partial charge in [-0.1, -0.05) is 30.3 Å². The maximum absolute atomic E-state index is 13.4. The first-order valence-corrected chi connectivity index (χ1v) is 11.3. The lowest BCUT2D eigenvalue weighted by molar-refractivity contribution is 0.414. The van der Waals surface area contributed by atoms with Crippen LogP contribution < -0.4 is 15.1 Å². The number of pyridine rings is 1. The molecule has 0 N–H and O–H groups in total. The summed E-state index contributed by atoms with van der Waals surface area (Å²) in [4.78, 5) is 27.1. The molecule has 0 fully saturated rings. The van der Waals surface area contributed by atoms with Crippen LogP contribution in [0, 0.1) is 0 Å². The zero-order valence-electron chi connectivity index (χ0n) is 19.0. The van der Waals surface area contributed by atoms with Gasteiger partial charge in [0, 0.05) is 6.20 Å².